The van der Waals surface area contributed by atoms with E-state index in [0.29, 0.717) is 0 Å². The SMILES string of the molecule is CCN(CCCN(C)C)c1cc(C)nc(C)c1/C(N)=N/O. The molecule has 3 N–H and O–H groups in total. The normalized spacial score (nSPS) is 12.0. The van der Waals surface area contributed by atoms with Crippen LogP contribution in [0.1, 0.15) is 30.3 Å². The lowest BCUT2D eigenvalue weighted by Crippen LogP contribution is -2.30. The number of pyridine rings is 1. The molecule has 1 rings (SSSR count). The number of aryl methyl sites for hydroxylation is 2. The molecule has 1 heterocycles. The minimum atomic E-state index is 0.112. The van der Waals surface area contributed by atoms with E-state index >= 15 is 0 Å². The van der Waals surface area contributed by atoms with Crippen LogP contribution in [0, 0.1) is 13.8 Å². The summed E-state index contributed by atoms with van der Waals surface area (Å²) in [5.41, 5.74) is 9.26. The lowest BCUT2D eigenvalue weighted by molar-refractivity contribution is 0.318. The molecule has 1 aromatic rings. The van der Waals surface area contributed by atoms with Crippen molar-refractivity contribution in [3.63, 3.8) is 0 Å². The third-order valence-electron chi connectivity index (χ3n) is 3.43. The molecular formula is C15H27N5O. The van der Waals surface area contributed by atoms with Crippen LogP contribution in [0.25, 0.3) is 0 Å². The molecule has 0 aliphatic carbocycles. The summed E-state index contributed by atoms with van der Waals surface area (Å²) in [6.07, 6.45) is 1.05. The predicted molar refractivity (Wildman–Crippen MR) is 87.3 cm³/mol. The van der Waals surface area contributed by atoms with Gasteiger partial charge in [0.15, 0.2) is 5.84 Å². The number of rotatable bonds is 7. The van der Waals surface area contributed by atoms with Gasteiger partial charge in [0.25, 0.3) is 0 Å². The molecule has 6 nitrogen and oxygen atoms in total. The van der Waals surface area contributed by atoms with Crippen molar-refractivity contribution < 1.29 is 5.21 Å². The van der Waals surface area contributed by atoms with Crippen LogP contribution in [0.4, 0.5) is 5.69 Å². The summed E-state index contributed by atoms with van der Waals surface area (Å²) in [6.45, 7) is 8.76. The first-order valence-electron chi connectivity index (χ1n) is 7.26. The smallest absolute Gasteiger partial charge is 0.174 e. The van der Waals surface area contributed by atoms with Gasteiger partial charge in [0.2, 0.25) is 0 Å². The Kier molecular flexibility index (Phi) is 6.42. The second-order valence-corrected chi connectivity index (χ2v) is 5.46. The highest BCUT2D eigenvalue weighted by molar-refractivity contribution is 6.03. The zero-order chi connectivity index (χ0) is 16.0. The molecule has 0 unspecified atom stereocenters. The number of aromatic nitrogens is 1. The quantitative estimate of drug-likeness (QED) is 0.345. The Labute approximate surface area is 127 Å². The third kappa shape index (κ3) is 4.60. The monoisotopic (exact) mass is 293 g/mol. The summed E-state index contributed by atoms with van der Waals surface area (Å²) in [4.78, 5) is 8.84. The van der Waals surface area contributed by atoms with Crippen LogP contribution in [0.3, 0.4) is 0 Å². The lowest BCUT2D eigenvalue weighted by Gasteiger charge is -2.27. The minimum Gasteiger partial charge on any atom is -0.409 e. The van der Waals surface area contributed by atoms with Gasteiger partial charge < -0.3 is 20.7 Å². The van der Waals surface area contributed by atoms with E-state index in [1.807, 2.05) is 19.9 Å². The van der Waals surface area contributed by atoms with Crippen molar-refractivity contribution in [2.24, 2.45) is 10.9 Å². The first kappa shape index (κ1) is 17.2. The van der Waals surface area contributed by atoms with Crippen molar-refractivity contribution in [2.75, 3.05) is 38.6 Å². The second kappa shape index (κ2) is 7.83. The Morgan fingerprint density at radius 3 is 2.52 bits per heavy atom. The zero-order valence-corrected chi connectivity index (χ0v) is 13.7. The van der Waals surface area contributed by atoms with E-state index in [1.54, 1.807) is 0 Å². The number of hydrogen-bond acceptors (Lipinski definition) is 5. The molecular weight excluding hydrogens is 266 g/mol. The Hall–Kier alpha value is -1.82. The number of nitrogens with two attached hydrogens (primary N) is 1. The molecule has 0 aromatic carbocycles. The maximum Gasteiger partial charge on any atom is 0.174 e. The van der Waals surface area contributed by atoms with Crippen LogP contribution in [0.15, 0.2) is 11.2 Å². The summed E-state index contributed by atoms with van der Waals surface area (Å²) < 4.78 is 0. The van der Waals surface area contributed by atoms with Crippen molar-refractivity contribution in [1.29, 1.82) is 0 Å². The Balaban J connectivity index is 3.12. The fourth-order valence-electron chi connectivity index (χ4n) is 2.45. The van der Waals surface area contributed by atoms with Gasteiger partial charge in [0.1, 0.15) is 0 Å². The van der Waals surface area contributed by atoms with E-state index in [1.165, 1.54) is 0 Å². The summed E-state index contributed by atoms with van der Waals surface area (Å²) in [5, 5.41) is 12.2. The van der Waals surface area contributed by atoms with E-state index in [0.717, 1.165) is 48.7 Å². The van der Waals surface area contributed by atoms with Crippen LogP contribution < -0.4 is 10.6 Å². The van der Waals surface area contributed by atoms with Crippen molar-refractivity contribution in [2.45, 2.75) is 27.2 Å². The molecule has 0 bridgehead atoms. The van der Waals surface area contributed by atoms with Gasteiger partial charge >= 0.3 is 0 Å². The second-order valence-electron chi connectivity index (χ2n) is 5.46. The highest BCUT2D eigenvalue weighted by atomic mass is 16.4. The first-order chi connectivity index (χ1) is 9.90. The van der Waals surface area contributed by atoms with E-state index in [9.17, 15) is 0 Å². The molecule has 0 atom stereocenters. The molecule has 0 aliphatic rings. The molecule has 118 valence electrons. The number of amidine groups is 1. The maximum atomic E-state index is 9.02. The van der Waals surface area contributed by atoms with Crippen LogP contribution in [-0.2, 0) is 0 Å². The molecule has 0 spiro atoms. The van der Waals surface area contributed by atoms with E-state index < -0.39 is 0 Å². The zero-order valence-electron chi connectivity index (χ0n) is 13.7. The van der Waals surface area contributed by atoms with Gasteiger partial charge in [0.05, 0.1) is 16.9 Å². The van der Waals surface area contributed by atoms with Gasteiger partial charge in [-0.2, -0.15) is 0 Å². The first-order valence-corrected chi connectivity index (χ1v) is 7.26. The molecule has 0 fully saturated rings. The summed E-state index contributed by atoms with van der Waals surface area (Å²) >= 11 is 0. The van der Waals surface area contributed by atoms with Gasteiger partial charge in [0, 0.05) is 18.8 Å². The fraction of sp³-hybridized carbons (Fsp3) is 0.600. The van der Waals surface area contributed by atoms with Crippen LogP contribution in [0.5, 0.6) is 0 Å². The molecule has 21 heavy (non-hydrogen) atoms. The van der Waals surface area contributed by atoms with Gasteiger partial charge in [-0.25, -0.2) is 0 Å². The summed E-state index contributed by atoms with van der Waals surface area (Å²) in [5.74, 6) is 0.112. The van der Waals surface area contributed by atoms with Gasteiger partial charge in [-0.1, -0.05) is 5.16 Å². The van der Waals surface area contributed by atoms with Crippen molar-refractivity contribution >= 4 is 11.5 Å². The molecule has 1 aromatic heterocycles. The Bertz CT molecular complexity index is 499. The number of nitrogens with zero attached hydrogens (tertiary/aromatic N) is 4. The molecule has 0 radical (unpaired) electrons. The van der Waals surface area contributed by atoms with E-state index in [-0.39, 0.29) is 5.84 Å². The maximum absolute atomic E-state index is 9.02. The van der Waals surface area contributed by atoms with Gasteiger partial charge in [-0.3, -0.25) is 4.98 Å². The number of hydrogen-bond donors (Lipinski definition) is 2. The highest BCUT2D eigenvalue weighted by Gasteiger charge is 2.17. The van der Waals surface area contributed by atoms with Crippen LogP contribution in [-0.4, -0.2) is 54.7 Å². The van der Waals surface area contributed by atoms with Crippen LogP contribution in [0.2, 0.25) is 0 Å². The Morgan fingerprint density at radius 2 is 2.00 bits per heavy atom. The third-order valence-corrected chi connectivity index (χ3v) is 3.43. The molecule has 0 saturated heterocycles. The predicted octanol–water partition coefficient (Wildman–Crippen LogP) is 1.57. The van der Waals surface area contributed by atoms with E-state index in [2.05, 4.69) is 41.0 Å². The fourth-order valence-corrected chi connectivity index (χ4v) is 2.45. The lowest BCUT2D eigenvalue weighted by atomic mass is 10.1. The largest absolute Gasteiger partial charge is 0.409 e. The van der Waals surface area contributed by atoms with E-state index in [4.69, 9.17) is 10.9 Å². The average molecular weight is 293 g/mol. The molecule has 0 aliphatic heterocycles. The van der Waals surface area contributed by atoms with Crippen LogP contribution >= 0.6 is 0 Å². The molecule has 6 heteroatoms. The van der Waals surface area contributed by atoms with Crippen molar-refractivity contribution in [3.8, 4) is 0 Å². The average Bonchev–Trinajstić information content (AvgIpc) is 2.41. The highest BCUT2D eigenvalue weighted by Crippen LogP contribution is 2.24. The Morgan fingerprint density at radius 1 is 1.33 bits per heavy atom. The molecule has 0 saturated carbocycles. The van der Waals surface area contributed by atoms with Gasteiger partial charge in [-0.05, 0) is 53.9 Å². The molecule has 0 amide bonds. The van der Waals surface area contributed by atoms with Crippen molar-refractivity contribution in [1.82, 2.24) is 9.88 Å². The number of anilines is 1. The minimum absolute atomic E-state index is 0.112. The van der Waals surface area contributed by atoms with Gasteiger partial charge in [-0.15, -0.1) is 0 Å². The standard InChI is InChI=1S/C15H27N5O/c1-6-20(9-7-8-19(4)5)13-10-11(2)17-12(3)14(13)15(16)18-21/h10,21H,6-9H2,1-5H3,(H2,16,18). The summed E-state index contributed by atoms with van der Waals surface area (Å²) in [7, 11) is 4.14. The van der Waals surface area contributed by atoms with Crippen molar-refractivity contribution in [3.05, 3.63) is 23.0 Å². The summed E-state index contributed by atoms with van der Waals surface area (Å²) in [6, 6.07) is 2.00. The topological polar surface area (TPSA) is 78.0 Å². The number of oxime groups is 1.